The number of hydrogen-bond donors (Lipinski definition) is 0. The molecule has 2 heterocycles. The van der Waals surface area contributed by atoms with Crippen molar-refractivity contribution in [2.24, 2.45) is 0 Å². The van der Waals surface area contributed by atoms with Gasteiger partial charge < -0.3 is 23.3 Å². The minimum absolute atomic E-state index is 0.619. The van der Waals surface area contributed by atoms with Crippen LogP contribution in [0.25, 0.3) is 44.8 Å². The molecule has 0 aliphatic heterocycles. The summed E-state index contributed by atoms with van der Waals surface area (Å²) in [6, 6.07) is 25.7. The Morgan fingerprint density at radius 1 is 0.640 bits per heavy atom. The van der Waals surface area contributed by atoms with Crippen LogP contribution < -0.4 is 9.47 Å². The molecule has 4 aromatic carbocycles. The summed E-state index contributed by atoms with van der Waals surface area (Å²) < 4.78 is 23.0. The third kappa shape index (κ3) is 7.22. The molecule has 0 radical (unpaired) electrons. The summed E-state index contributed by atoms with van der Waals surface area (Å²) in [5.41, 5.74) is 9.10. The Bertz CT molecular complexity index is 1950. The minimum atomic E-state index is 0.619. The van der Waals surface area contributed by atoms with E-state index in [0.717, 1.165) is 96.0 Å². The van der Waals surface area contributed by atoms with Crippen LogP contribution in [0, 0.1) is 0 Å². The number of aryl methyl sites for hydroxylation is 1. The first-order chi connectivity index (χ1) is 24.4. The summed E-state index contributed by atoms with van der Waals surface area (Å²) in [5, 5.41) is 0. The highest BCUT2D eigenvalue weighted by Gasteiger charge is 2.25. The van der Waals surface area contributed by atoms with Crippen molar-refractivity contribution in [1.29, 1.82) is 0 Å². The summed E-state index contributed by atoms with van der Waals surface area (Å²) in [6.45, 7) is 2.25. The van der Waals surface area contributed by atoms with E-state index in [1.54, 1.807) is 21.3 Å². The van der Waals surface area contributed by atoms with E-state index in [2.05, 4.69) is 95.8 Å². The molecule has 2 aliphatic carbocycles. The Balaban J connectivity index is 0.000000157. The van der Waals surface area contributed by atoms with Crippen LogP contribution in [0.1, 0.15) is 48.6 Å². The Labute approximate surface area is 315 Å². The lowest BCUT2D eigenvalue weighted by molar-refractivity contribution is 0.188. The second kappa shape index (κ2) is 15.5. The zero-order valence-electron chi connectivity index (χ0n) is 28.9. The molecule has 0 saturated heterocycles. The molecule has 2 fully saturated rings. The Kier molecular flexibility index (Phi) is 10.9. The smallest absolute Gasteiger partial charge is 0.144 e. The van der Waals surface area contributed by atoms with Crippen LogP contribution >= 0.6 is 43.6 Å². The lowest BCUT2D eigenvalue weighted by atomic mass is 10.1. The molecule has 0 N–H and O–H groups in total. The Hall–Kier alpha value is -3.31. The number of fused-ring (bicyclic) bond motifs is 2. The lowest BCUT2D eigenvalue weighted by Crippen LogP contribution is -2.06. The zero-order chi connectivity index (χ0) is 34.8. The van der Waals surface area contributed by atoms with Crippen molar-refractivity contribution in [1.82, 2.24) is 19.1 Å². The number of rotatable bonds is 12. The lowest BCUT2D eigenvalue weighted by Gasteiger charge is -2.11. The number of aromatic nitrogens is 4. The number of thioether (sulfide) groups is 1. The van der Waals surface area contributed by atoms with E-state index in [1.165, 1.54) is 36.8 Å². The first kappa shape index (κ1) is 35.1. The fraction of sp³-hybridized carbons (Fsp3) is 0.350. The van der Waals surface area contributed by atoms with Gasteiger partial charge in [0, 0.05) is 46.0 Å². The van der Waals surface area contributed by atoms with Gasteiger partial charge in [0.05, 0.1) is 20.8 Å². The van der Waals surface area contributed by atoms with Gasteiger partial charge in [-0.05, 0) is 111 Å². The zero-order valence-corrected chi connectivity index (χ0v) is 32.9. The predicted octanol–water partition coefficient (Wildman–Crippen LogP) is 10.7. The molecule has 2 aromatic heterocycles. The molecule has 7 nitrogen and oxygen atoms in total. The maximum atomic E-state index is 5.62. The van der Waals surface area contributed by atoms with Crippen LogP contribution in [0.2, 0.25) is 0 Å². The molecule has 8 rings (SSSR count). The van der Waals surface area contributed by atoms with Gasteiger partial charge in [0.15, 0.2) is 0 Å². The molecule has 0 atom stereocenters. The molecular weight excluding hydrogens is 776 g/mol. The van der Waals surface area contributed by atoms with Crippen LogP contribution in [-0.2, 0) is 17.8 Å². The third-order valence-corrected chi connectivity index (χ3v) is 11.4. The van der Waals surface area contributed by atoms with Crippen molar-refractivity contribution in [3.63, 3.8) is 0 Å². The number of halogens is 2. The van der Waals surface area contributed by atoms with Crippen LogP contribution in [0.5, 0.6) is 11.5 Å². The first-order valence-electron chi connectivity index (χ1n) is 17.1. The molecule has 0 bridgehead atoms. The number of imidazole rings is 2. The van der Waals surface area contributed by atoms with E-state index >= 15 is 0 Å². The highest BCUT2D eigenvalue weighted by molar-refractivity contribution is 9.11. The summed E-state index contributed by atoms with van der Waals surface area (Å²) in [7, 11) is 5.13. The molecular formula is C40H42Br2N4O3S. The van der Waals surface area contributed by atoms with Crippen molar-refractivity contribution >= 4 is 65.7 Å². The van der Waals surface area contributed by atoms with Gasteiger partial charge in [-0.15, -0.1) is 0 Å². The van der Waals surface area contributed by atoms with Gasteiger partial charge in [-0.2, -0.15) is 11.8 Å². The van der Waals surface area contributed by atoms with E-state index < -0.39 is 0 Å². The number of hydrogen-bond acceptors (Lipinski definition) is 6. The molecule has 0 spiro atoms. The second-order valence-corrected chi connectivity index (χ2v) is 15.5. The van der Waals surface area contributed by atoms with E-state index in [-0.39, 0.29) is 0 Å². The van der Waals surface area contributed by atoms with E-state index in [0.29, 0.717) is 6.61 Å². The number of methoxy groups -OCH3 is 3. The molecule has 6 aromatic rings. The van der Waals surface area contributed by atoms with Crippen LogP contribution in [0.3, 0.4) is 0 Å². The van der Waals surface area contributed by atoms with Crippen molar-refractivity contribution < 1.29 is 14.2 Å². The molecule has 50 heavy (non-hydrogen) atoms. The summed E-state index contributed by atoms with van der Waals surface area (Å²) >= 11 is 9.12. The van der Waals surface area contributed by atoms with Crippen molar-refractivity contribution in [3.05, 3.63) is 92.9 Å². The average molecular weight is 819 g/mol. The van der Waals surface area contributed by atoms with Crippen LogP contribution in [0.4, 0.5) is 0 Å². The normalized spacial score (nSPS) is 14.2. The van der Waals surface area contributed by atoms with Gasteiger partial charge in [0.1, 0.15) is 45.2 Å². The Morgan fingerprint density at radius 3 is 1.46 bits per heavy atom. The largest absolute Gasteiger partial charge is 0.494 e. The Morgan fingerprint density at radius 2 is 1.08 bits per heavy atom. The molecule has 0 amide bonds. The third-order valence-electron chi connectivity index (χ3n) is 9.53. The van der Waals surface area contributed by atoms with Gasteiger partial charge in [-0.25, -0.2) is 9.97 Å². The maximum absolute atomic E-state index is 5.62. The molecule has 260 valence electrons. The van der Waals surface area contributed by atoms with Crippen LogP contribution in [-0.4, -0.2) is 59.0 Å². The van der Waals surface area contributed by atoms with Crippen molar-refractivity contribution in [2.75, 3.05) is 39.9 Å². The topological polar surface area (TPSA) is 63.3 Å². The van der Waals surface area contributed by atoms with Gasteiger partial charge >= 0.3 is 0 Å². The quantitative estimate of drug-likeness (QED) is 0.123. The van der Waals surface area contributed by atoms with Gasteiger partial charge in [0.2, 0.25) is 0 Å². The monoisotopic (exact) mass is 816 g/mol. The molecule has 10 heteroatoms. The van der Waals surface area contributed by atoms with Crippen LogP contribution in [0.15, 0.2) is 81.7 Å². The summed E-state index contributed by atoms with van der Waals surface area (Å²) in [6.07, 6.45) is 7.42. The molecule has 0 unspecified atom stereocenters. The standard InChI is InChI=1S/C20H21BrN2O2.C20H21BrN2OS/c1-24-12-11-23-19-17(25-2)10-9-16(21)18(19)22-20(23)15-7-5-14(6-8-15)13-3-4-13;1-24-17-10-9-16(21)18-19(17)23(11-12-25-2)20(22-18)15-7-5-14(6-8-15)13-3-4-13/h2*5-10,13H,3-4,11-12H2,1-2H3. The van der Waals surface area contributed by atoms with E-state index in [9.17, 15) is 0 Å². The first-order valence-corrected chi connectivity index (χ1v) is 20.1. The average Bonchev–Trinajstić information content (AvgIpc) is 4.09. The molecule has 2 saturated carbocycles. The second-order valence-electron chi connectivity index (χ2n) is 12.8. The fourth-order valence-electron chi connectivity index (χ4n) is 6.56. The number of nitrogens with zero attached hydrogens (tertiary/aromatic N) is 4. The van der Waals surface area contributed by atoms with Crippen molar-refractivity contribution in [3.8, 4) is 34.3 Å². The maximum Gasteiger partial charge on any atom is 0.144 e. The summed E-state index contributed by atoms with van der Waals surface area (Å²) in [4.78, 5) is 9.88. The van der Waals surface area contributed by atoms with Gasteiger partial charge in [-0.3, -0.25) is 0 Å². The van der Waals surface area contributed by atoms with Gasteiger partial charge in [-0.1, -0.05) is 48.5 Å². The van der Waals surface area contributed by atoms with Crippen molar-refractivity contribution in [2.45, 2.75) is 50.6 Å². The summed E-state index contributed by atoms with van der Waals surface area (Å²) in [5.74, 6) is 6.22. The highest BCUT2D eigenvalue weighted by Crippen LogP contribution is 2.42. The highest BCUT2D eigenvalue weighted by atomic mass is 79.9. The fourth-order valence-corrected chi connectivity index (χ4v) is 7.75. The van der Waals surface area contributed by atoms with E-state index in [4.69, 9.17) is 24.2 Å². The van der Waals surface area contributed by atoms with Gasteiger partial charge in [0.25, 0.3) is 0 Å². The molecule has 2 aliphatic rings. The SMILES string of the molecule is COCCn1c(-c2ccc(C3CC3)cc2)nc2c(Br)ccc(OC)c21.COc1ccc(Br)c2nc(-c3ccc(C4CC4)cc3)n(CCSC)c12. The number of benzene rings is 4. The van der Waals surface area contributed by atoms with E-state index in [1.807, 2.05) is 36.0 Å². The predicted molar refractivity (Wildman–Crippen MR) is 213 cm³/mol. The minimum Gasteiger partial charge on any atom is -0.494 e. The number of ether oxygens (including phenoxy) is 3.